The molecule has 3 rings (SSSR count). The zero-order chi connectivity index (χ0) is 21.2. The number of unbranched alkanes of at least 4 members (excludes halogenated alkanes) is 1. The van der Waals surface area contributed by atoms with E-state index in [0.29, 0.717) is 6.04 Å². The highest BCUT2D eigenvalue weighted by Crippen LogP contribution is 2.19. The minimum Gasteiger partial charge on any atom is -0.497 e. The molecule has 0 saturated carbocycles. The molecule has 2 aromatic carbocycles. The highest BCUT2D eigenvalue weighted by atomic mass is 32.1. The molecule has 0 unspecified atom stereocenters. The van der Waals surface area contributed by atoms with Crippen LogP contribution in [0.4, 0.5) is 5.69 Å². The van der Waals surface area contributed by atoms with E-state index < -0.39 is 0 Å². The number of rotatable bonds is 9. The lowest BCUT2D eigenvalue weighted by Gasteiger charge is -2.38. The third-order valence-corrected chi connectivity index (χ3v) is 6.04. The van der Waals surface area contributed by atoms with Gasteiger partial charge in [0.1, 0.15) is 11.5 Å². The number of nitrogens with zero attached hydrogens (tertiary/aromatic N) is 2. The van der Waals surface area contributed by atoms with Gasteiger partial charge < -0.3 is 24.6 Å². The van der Waals surface area contributed by atoms with E-state index >= 15 is 0 Å². The fourth-order valence-corrected chi connectivity index (χ4v) is 4.00. The molecule has 162 valence electrons. The van der Waals surface area contributed by atoms with E-state index in [4.69, 9.17) is 21.7 Å². The second kappa shape index (κ2) is 11.8. The van der Waals surface area contributed by atoms with Gasteiger partial charge in [-0.2, -0.15) is 0 Å². The zero-order valence-corrected chi connectivity index (χ0v) is 18.9. The van der Waals surface area contributed by atoms with Crippen LogP contribution in [0.2, 0.25) is 0 Å². The van der Waals surface area contributed by atoms with Crippen molar-refractivity contribution in [2.45, 2.75) is 31.7 Å². The Morgan fingerprint density at radius 2 is 1.70 bits per heavy atom. The van der Waals surface area contributed by atoms with Gasteiger partial charge in [-0.3, -0.25) is 0 Å². The number of hydrogen-bond donors (Lipinski definition) is 1. The summed E-state index contributed by atoms with van der Waals surface area (Å²) in [6.45, 7) is 4.14. The summed E-state index contributed by atoms with van der Waals surface area (Å²) in [5.41, 5.74) is 1.05. The van der Waals surface area contributed by atoms with Gasteiger partial charge >= 0.3 is 0 Å². The monoisotopic (exact) mass is 427 g/mol. The van der Waals surface area contributed by atoms with Gasteiger partial charge in [0.2, 0.25) is 0 Å². The molecule has 30 heavy (non-hydrogen) atoms. The van der Waals surface area contributed by atoms with Crippen LogP contribution >= 0.6 is 12.2 Å². The number of thiocarbonyl (C=S) groups is 1. The predicted octanol–water partition coefficient (Wildman–Crippen LogP) is 4.65. The molecule has 0 bridgehead atoms. The molecule has 0 spiro atoms. The molecular formula is C24H33N3O2S. The van der Waals surface area contributed by atoms with Gasteiger partial charge in [0, 0.05) is 31.9 Å². The van der Waals surface area contributed by atoms with Crippen LogP contribution in [0.15, 0.2) is 54.6 Å². The van der Waals surface area contributed by atoms with Crippen LogP contribution in [0.5, 0.6) is 11.5 Å². The Morgan fingerprint density at radius 1 is 1.03 bits per heavy atom. The van der Waals surface area contributed by atoms with Gasteiger partial charge in [-0.1, -0.05) is 18.2 Å². The molecule has 0 aromatic heterocycles. The maximum absolute atomic E-state index is 5.82. The molecule has 1 aliphatic heterocycles. The third-order valence-electron chi connectivity index (χ3n) is 5.65. The van der Waals surface area contributed by atoms with Crippen LogP contribution in [0, 0.1) is 0 Å². The quantitative estimate of drug-likeness (QED) is 0.464. The van der Waals surface area contributed by atoms with Gasteiger partial charge in [0.25, 0.3) is 0 Å². The molecule has 2 aromatic rings. The van der Waals surface area contributed by atoms with Crippen molar-refractivity contribution in [1.29, 1.82) is 0 Å². The van der Waals surface area contributed by atoms with Crippen molar-refractivity contribution in [3.8, 4) is 11.5 Å². The number of likely N-dealkylation sites (tertiary alicyclic amines) is 1. The second-order valence-electron chi connectivity index (χ2n) is 7.71. The van der Waals surface area contributed by atoms with Crippen LogP contribution in [0.3, 0.4) is 0 Å². The van der Waals surface area contributed by atoms with Crippen molar-refractivity contribution in [1.82, 2.24) is 9.80 Å². The number of anilines is 1. The number of nitrogens with one attached hydrogen (secondary N) is 1. The second-order valence-corrected chi connectivity index (χ2v) is 8.10. The van der Waals surface area contributed by atoms with Gasteiger partial charge in [0.05, 0.1) is 13.7 Å². The fourth-order valence-electron chi connectivity index (χ4n) is 3.73. The number of benzene rings is 2. The molecule has 1 N–H and O–H groups in total. The molecule has 0 aliphatic carbocycles. The van der Waals surface area contributed by atoms with Gasteiger partial charge in [-0.15, -0.1) is 0 Å². The van der Waals surface area contributed by atoms with Crippen LogP contribution in [-0.4, -0.2) is 61.4 Å². The summed E-state index contributed by atoms with van der Waals surface area (Å²) in [6, 6.07) is 18.4. The average molecular weight is 428 g/mol. The summed E-state index contributed by atoms with van der Waals surface area (Å²) in [7, 11) is 3.78. The Morgan fingerprint density at radius 3 is 2.37 bits per heavy atom. The average Bonchev–Trinajstić information content (AvgIpc) is 2.80. The van der Waals surface area contributed by atoms with E-state index in [-0.39, 0.29) is 0 Å². The van der Waals surface area contributed by atoms with E-state index in [0.717, 1.165) is 74.2 Å². The van der Waals surface area contributed by atoms with E-state index in [1.165, 1.54) is 0 Å². The van der Waals surface area contributed by atoms with E-state index in [1.807, 2.05) is 54.6 Å². The zero-order valence-electron chi connectivity index (χ0n) is 18.0. The van der Waals surface area contributed by atoms with Crippen LogP contribution in [0.25, 0.3) is 0 Å². The molecule has 1 heterocycles. The first-order chi connectivity index (χ1) is 14.7. The first-order valence-electron chi connectivity index (χ1n) is 10.7. The Balaban J connectivity index is 1.29. The molecule has 6 heteroatoms. The number of hydrogen-bond acceptors (Lipinski definition) is 4. The van der Waals surface area contributed by atoms with E-state index in [2.05, 4.69) is 22.2 Å². The van der Waals surface area contributed by atoms with Gasteiger partial charge in [0.15, 0.2) is 5.11 Å². The number of piperidine rings is 1. The number of para-hydroxylation sites is 1. The Hall–Kier alpha value is -2.31. The molecule has 1 aliphatic rings. The maximum Gasteiger partial charge on any atom is 0.173 e. The molecule has 0 radical (unpaired) electrons. The molecule has 1 saturated heterocycles. The Bertz CT molecular complexity index is 762. The van der Waals surface area contributed by atoms with Crippen molar-refractivity contribution >= 4 is 23.0 Å². The van der Waals surface area contributed by atoms with Crippen molar-refractivity contribution in [3.63, 3.8) is 0 Å². The minimum absolute atomic E-state index is 0.503. The van der Waals surface area contributed by atoms with Crippen molar-refractivity contribution in [2.24, 2.45) is 0 Å². The summed E-state index contributed by atoms with van der Waals surface area (Å²) in [4.78, 5) is 4.79. The van der Waals surface area contributed by atoms with Gasteiger partial charge in [-0.25, -0.2) is 0 Å². The highest BCUT2D eigenvalue weighted by Gasteiger charge is 2.23. The van der Waals surface area contributed by atoms with Crippen LogP contribution in [-0.2, 0) is 0 Å². The highest BCUT2D eigenvalue weighted by molar-refractivity contribution is 7.80. The Labute approximate surface area is 186 Å². The number of methoxy groups -OCH3 is 1. The third kappa shape index (κ3) is 6.89. The fraction of sp³-hybridized carbons (Fsp3) is 0.458. The lowest BCUT2D eigenvalue weighted by molar-refractivity contribution is 0.161. The lowest BCUT2D eigenvalue weighted by atomic mass is 10.0. The molecular weight excluding hydrogens is 394 g/mol. The molecule has 0 atom stereocenters. The topological polar surface area (TPSA) is 37.0 Å². The minimum atomic E-state index is 0.503. The van der Waals surface area contributed by atoms with Crippen LogP contribution < -0.4 is 14.8 Å². The standard InChI is InChI=1S/C24H33N3O2S/c1-26(24(30)25-20-8-4-3-5-9-20)21-14-17-27(18-15-21)16-6-7-19-29-23-12-10-22(28-2)11-13-23/h3-5,8-13,21H,6-7,14-19H2,1-2H3,(H,25,30). The van der Waals surface area contributed by atoms with Crippen LogP contribution in [0.1, 0.15) is 25.7 Å². The van der Waals surface area contributed by atoms with E-state index in [9.17, 15) is 0 Å². The summed E-state index contributed by atoms with van der Waals surface area (Å²) in [5.74, 6) is 1.76. The SMILES string of the molecule is COc1ccc(OCCCCN2CCC(N(C)C(=S)Nc3ccccc3)CC2)cc1. The maximum atomic E-state index is 5.82. The van der Waals surface area contributed by atoms with Crippen molar-refractivity contribution < 1.29 is 9.47 Å². The summed E-state index contributed by atoms with van der Waals surface area (Å²) in [6.07, 6.45) is 4.52. The molecule has 1 fully saturated rings. The predicted molar refractivity (Wildman–Crippen MR) is 128 cm³/mol. The largest absolute Gasteiger partial charge is 0.497 e. The lowest BCUT2D eigenvalue weighted by Crippen LogP contribution is -2.47. The Kier molecular flexibility index (Phi) is 8.78. The van der Waals surface area contributed by atoms with Crippen molar-refractivity contribution in [2.75, 3.05) is 45.7 Å². The first-order valence-corrected chi connectivity index (χ1v) is 11.1. The van der Waals surface area contributed by atoms with Crippen molar-refractivity contribution in [3.05, 3.63) is 54.6 Å². The normalized spacial score (nSPS) is 14.9. The summed E-state index contributed by atoms with van der Waals surface area (Å²) in [5, 5.41) is 4.14. The summed E-state index contributed by atoms with van der Waals surface area (Å²) < 4.78 is 11.0. The van der Waals surface area contributed by atoms with E-state index in [1.54, 1.807) is 7.11 Å². The molecule has 0 amide bonds. The summed E-state index contributed by atoms with van der Waals surface area (Å²) >= 11 is 5.60. The molecule has 5 nitrogen and oxygen atoms in total. The number of ether oxygens (including phenoxy) is 2. The smallest absolute Gasteiger partial charge is 0.173 e. The first kappa shape index (κ1) is 22.4. The van der Waals surface area contributed by atoms with Gasteiger partial charge in [-0.05, 0) is 80.8 Å².